The summed E-state index contributed by atoms with van der Waals surface area (Å²) in [6.45, 7) is 2.05. The molecule has 1 saturated carbocycles. The zero-order valence-corrected chi connectivity index (χ0v) is 16.2. The van der Waals surface area contributed by atoms with E-state index in [2.05, 4.69) is 15.3 Å². The van der Waals surface area contributed by atoms with Crippen molar-refractivity contribution in [3.8, 4) is 0 Å². The quantitative estimate of drug-likeness (QED) is 0.603. The van der Waals surface area contributed by atoms with Gasteiger partial charge in [-0.1, -0.05) is 6.07 Å². The maximum atomic E-state index is 13.6. The average molecular weight is 418 g/mol. The molecule has 30 heavy (non-hydrogen) atoms. The van der Waals surface area contributed by atoms with Crippen LogP contribution in [0.15, 0.2) is 42.6 Å². The Morgan fingerprint density at radius 2 is 2.00 bits per heavy atom. The molecule has 0 bridgehead atoms. The summed E-state index contributed by atoms with van der Waals surface area (Å²) in [5, 5.41) is 4.48. The third-order valence-corrected chi connectivity index (χ3v) is 6.49. The van der Waals surface area contributed by atoms with E-state index in [1.165, 1.54) is 18.2 Å². The van der Waals surface area contributed by atoms with E-state index in [0.717, 1.165) is 41.9 Å². The van der Waals surface area contributed by atoms with Gasteiger partial charge in [0.25, 0.3) is 0 Å². The number of halogens is 4. The summed E-state index contributed by atoms with van der Waals surface area (Å²) in [5.41, 5.74) is 1.07. The van der Waals surface area contributed by atoms with Gasteiger partial charge in [-0.05, 0) is 60.6 Å². The smallest absolute Gasteiger partial charge is 0.361 e. The molecule has 2 fully saturated rings. The highest BCUT2D eigenvalue weighted by Gasteiger charge is 2.43. The molecule has 1 aliphatic carbocycles. The van der Waals surface area contributed by atoms with Gasteiger partial charge in [0.15, 0.2) is 0 Å². The number of pyridine rings is 1. The summed E-state index contributed by atoms with van der Waals surface area (Å²) < 4.78 is 52.6. The minimum atomic E-state index is -4.44. The molecule has 1 saturated heterocycles. The molecule has 2 aliphatic rings. The first-order valence-electron chi connectivity index (χ1n) is 10.2. The van der Waals surface area contributed by atoms with Gasteiger partial charge >= 0.3 is 6.18 Å². The highest BCUT2D eigenvalue weighted by Crippen LogP contribution is 2.40. The summed E-state index contributed by atoms with van der Waals surface area (Å²) in [4.78, 5) is 8.99. The third kappa shape index (κ3) is 3.53. The van der Waals surface area contributed by atoms with E-state index in [-0.39, 0.29) is 11.9 Å². The van der Waals surface area contributed by atoms with Crippen molar-refractivity contribution in [2.45, 2.75) is 31.6 Å². The fourth-order valence-electron chi connectivity index (χ4n) is 5.00. The van der Waals surface area contributed by atoms with E-state index in [1.807, 2.05) is 11.1 Å². The van der Waals surface area contributed by atoms with Crippen LogP contribution in [0.2, 0.25) is 0 Å². The predicted octanol–water partition coefficient (Wildman–Crippen LogP) is 4.73. The number of aromatic nitrogens is 2. The van der Waals surface area contributed by atoms with Crippen molar-refractivity contribution >= 4 is 16.7 Å². The zero-order chi connectivity index (χ0) is 20.9. The minimum Gasteiger partial charge on any atom is -0.361 e. The molecule has 2 N–H and O–H groups in total. The monoisotopic (exact) mass is 418 g/mol. The first-order chi connectivity index (χ1) is 14.4. The molecule has 5 rings (SSSR count). The molecule has 3 heterocycles. The first kappa shape index (κ1) is 19.4. The summed E-state index contributed by atoms with van der Waals surface area (Å²) in [6.07, 6.45) is -0.457. The number of anilines is 1. The van der Waals surface area contributed by atoms with Gasteiger partial charge < -0.3 is 15.2 Å². The zero-order valence-electron chi connectivity index (χ0n) is 16.2. The molecular weight excluding hydrogens is 396 g/mol. The Morgan fingerprint density at radius 3 is 2.83 bits per heavy atom. The van der Waals surface area contributed by atoms with E-state index in [9.17, 15) is 17.6 Å². The number of benzene rings is 1. The second kappa shape index (κ2) is 7.27. The van der Waals surface area contributed by atoms with E-state index in [0.29, 0.717) is 30.7 Å². The summed E-state index contributed by atoms with van der Waals surface area (Å²) in [7, 11) is 0. The number of fused-ring (bicyclic) bond motifs is 2. The number of nitrogens with zero attached hydrogens (tertiary/aromatic N) is 2. The van der Waals surface area contributed by atoms with Gasteiger partial charge in [0.1, 0.15) is 17.3 Å². The minimum absolute atomic E-state index is 0.260. The normalized spacial score (nSPS) is 24.0. The standard InChI is InChI=1S/C22H22F4N4/c23-15-5-7-18-16(8-15)14(9-27-18)10-28-19-6-4-13-11-30(12-17(13)19)21-3-1-2-20(29-21)22(24,25)26/h1-3,5,7-9,13,17,19,27-28H,4,6,10-12H2. The SMILES string of the molecule is Fc1ccc2[nH]cc(CNC3CCC4CN(c5cccc(C(F)(F)F)n5)CC43)c2c1. The lowest BCUT2D eigenvalue weighted by Crippen LogP contribution is -2.35. The van der Waals surface area contributed by atoms with E-state index in [1.54, 1.807) is 12.1 Å². The summed E-state index contributed by atoms with van der Waals surface area (Å²) in [5.74, 6) is 0.942. The second-order valence-corrected chi connectivity index (χ2v) is 8.28. The molecular formula is C22H22F4N4. The summed E-state index contributed by atoms with van der Waals surface area (Å²) >= 11 is 0. The highest BCUT2D eigenvalue weighted by molar-refractivity contribution is 5.83. The van der Waals surface area contributed by atoms with Crippen molar-refractivity contribution in [2.24, 2.45) is 11.8 Å². The van der Waals surface area contributed by atoms with Crippen LogP contribution in [0.1, 0.15) is 24.1 Å². The van der Waals surface area contributed by atoms with Gasteiger partial charge in [-0.15, -0.1) is 0 Å². The van der Waals surface area contributed by atoms with Gasteiger partial charge in [0, 0.05) is 42.8 Å². The molecule has 8 heteroatoms. The van der Waals surface area contributed by atoms with Crippen LogP contribution >= 0.6 is 0 Å². The Labute approximate surface area is 171 Å². The Bertz CT molecular complexity index is 1060. The molecule has 1 aliphatic heterocycles. The van der Waals surface area contributed by atoms with Crippen LogP contribution in [-0.4, -0.2) is 29.1 Å². The molecule has 0 amide bonds. The maximum absolute atomic E-state index is 13.6. The number of alkyl halides is 3. The molecule has 0 radical (unpaired) electrons. The Kier molecular flexibility index (Phi) is 4.69. The van der Waals surface area contributed by atoms with Crippen molar-refractivity contribution in [3.63, 3.8) is 0 Å². The lowest BCUT2D eigenvalue weighted by atomic mass is 9.97. The Hall–Kier alpha value is -2.61. The molecule has 1 aromatic carbocycles. The number of nitrogens with one attached hydrogen (secondary N) is 2. The second-order valence-electron chi connectivity index (χ2n) is 8.28. The highest BCUT2D eigenvalue weighted by atomic mass is 19.4. The Morgan fingerprint density at radius 1 is 1.13 bits per heavy atom. The summed E-state index contributed by atoms with van der Waals surface area (Å²) in [6, 6.07) is 9.07. The van der Waals surface area contributed by atoms with Gasteiger partial charge in [0.2, 0.25) is 0 Å². The Balaban J connectivity index is 1.27. The fraction of sp³-hybridized carbons (Fsp3) is 0.409. The predicted molar refractivity (Wildman–Crippen MR) is 107 cm³/mol. The molecule has 3 aromatic rings. The first-order valence-corrected chi connectivity index (χ1v) is 10.2. The number of H-pyrrole nitrogens is 1. The largest absolute Gasteiger partial charge is 0.433 e. The van der Waals surface area contributed by atoms with Crippen LogP contribution in [-0.2, 0) is 12.7 Å². The van der Waals surface area contributed by atoms with E-state index in [4.69, 9.17) is 0 Å². The molecule has 0 spiro atoms. The number of aromatic amines is 1. The van der Waals surface area contributed by atoms with Crippen molar-refractivity contribution < 1.29 is 17.6 Å². The number of hydrogen-bond acceptors (Lipinski definition) is 3. The number of hydrogen-bond donors (Lipinski definition) is 2. The van der Waals surface area contributed by atoms with Crippen LogP contribution < -0.4 is 10.2 Å². The van der Waals surface area contributed by atoms with Crippen molar-refractivity contribution in [3.05, 3.63) is 59.7 Å². The van der Waals surface area contributed by atoms with Crippen LogP contribution in [0.5, 0.6) is 0 Å². The lowest BCUT2D eigenvalue weighted by molar-refractivity contribution is -0.141. The molecule has 2 aromatic heterocycles. The van der Waals surface area contributed by atoms with Crippen LogP contribution in [0.4, 0.5) is 23.4 Å². The van der Waals surface area contributed by atoms with Gasteiger partial charge in [-0.25, -0.2) is 9.37 Å². The van der Waals surface area contributed by atoms with Crippen LogP contribution in [0.25, 0.3) is 10.9 Å². The maximum Gasteiger partial charge on any atom is 0.433 e. The number of rotatable bonds is 4. The van der Waals surface area contributed by atoms with Crippen molar-refractivity contribution in [1.29, 1.82) is 0 Å². The van der Waals surface area contributed by atoms with Crippen LogP contribution in [0, 0.1) is 17.7 Å². The average Bonchev–Trinajstić information content (AvgIpc) is 3.40. The van der Waals surface area contributed by atoms with Gasteiger partial charge in [0.05, 0.1) is 0 Å². The van der Waals surface area contributed by atoms with Crippen molar-refractivity contribution in [1.82, 2.24) is 15.3 Å². The molecule has 4 nitrogen and oxygen atoms in total. The van der Waals surface area contributed by atoms with Crippen molar-refractivity contribution in [2.75, 3.05) is 18.0 Å². The van der Waals surface area contributed by atoms with E-state index >= 15 is 0 Å². The topological polar surface area (TPSA) is 44.0 Å². The molecule has 3 atom stereocenters. The van der Waals surface area contributed by atoms with Gasteiger partial charge in [-0.3, -0.25) is 0 Å². The lowest BCUT2D eigenvalue weighted by Gasteiger charge is -2.23. The molecule has 158 valence electrons. The van der Waals surface area contributed by atoms with E-state index < -0.39 is 11.9 Å². The van der Waals surface area contributed by atoms with Gasteiger partial charge in [-0.2, -0.15) is 13.2 Å². The molecule has 3 unspecified atom stereocenters. The fourth-order valence-corrected chi connectivity index (χ4v) is 5.00. The van der Waals surface area contributed by atoms with Crippen LogP contribution in [0.3, 0.4) is 0 Å². The third-order valence-electron chi connectivity index (χ3n) is 6.49.